The number of nitrogens with two attached hydrogens (primary N) is 1. The molecule has 5 nitrogen and oxygen atoms in total. The lowest BCUT2D eigenvalue weighted by Gasteiger charge is -2.15. The van der Waals surface area contributed by atoms with E-state index in [-0.39, 0.29) is 29.9 Å². The molecule has 1 heterocycles. The van der Waals surface area contributed by atoms with Crippen molar-refractivity contribution >= 4 is 47.2 Å². The molecule has 3 N–H and O–H groups in total. The Balaban J connectivity index is 0.00000243. The molecule has 26 heavy (non-hydrogen) atoms. The van der Waals surface area contributed by atoms with E-state index >= 15 is 0 Å². The molecule has 0 saturated carbocycles. The predicted octanol–water partition coefficient (Wildman–Crippen LogP) is 3.98. The maximum Gasteiger partial charge on any atom is 0.227 e. The van der Waals surface area contributed by atoms with Gasteiger partial charge in [0.05, 0.1) is 6.54 Å². The zero-order valence-electron chi connectivity index (χ0n) is 15.2. The second-order valence-electron chi connectivity index (χ2n) is 6.44. The molecule has 138 valence electrons. The summed E-state index contributed by atoms with van der Waals surface area (Å²) in [4.78, 5) is 18.0. The number of aryl methyl sites for hydroxylation is 2. The Morgan fingerprint density at radius 3 is 2.50 bits per heavy atom. The number of rotatable bonds is 4. The number of aliphatic imine (C=N–C) groups is 1. The van der Waals surface area contributed by atoms with Gasteiger partial charge >= 0.3 is 0 Å². The van der Waals surface area contributed by atoms with E-state index in [4.69, 9.17) is 5.73 Å². The first-order valence-electron chi connectivity index (χ1n) is 8.56. The minimum Gasteiger partial charge on any atom is -0.370 e. The Labute approximate surface area is 171 Å². The highest BCUT2D eigenvalue weighted by Gasteiger charge is 2.21. The molecular weight excluding hydrogens is 439 g/mol. The zero-order chi connectivity index (χ0) is 17.8. The number of guanidine groups is 1. The highest BCUT2D eigenvalue weighted by molar-refractivity contribution is 14.0. The van der Waals surface area contributed by atoms with Gasteiger partial charge in [-0.05, 0) is 61.2 Å². The number of carbonyl (C=O) groups is 1. The number of hydrogen-bond acceptors (Lipinski definition) is 2. The van der Waals surface area contributed by atoms with Gasteiger partial charge in [-0.15, -0.1) is 24.0 Å². The fourth-order valence-corrected chi connectivity index (χ4v) is 2.89. The summed E-state index contributed by atoms with van der Waals surface area (Å²) in [5, 5.41) is 3.12. The number of carbonyl (C=O) groups excluding carboxylic acids is 1. The van der Waals surface area contributed by atoms with Gasteiger partial charge in [-0.1, -0.05) is 18.2 Å². The van der Waals surface area contributed by atoms with Gasteiger partial charge in [0.25, 0.3) is 0 Å². The lowest BCUT2D eigenvalue weighted by molar-refractivity contribution is -0.117. The van der Waals surface area contributed by atoms with E-state index in [0.29, 0.717) is 18.9 Å². The van der Waals surface area contributed by atoms with Gasteiger partial charge < -0.3 is 16.0 Å². The van der Waals surface area contributed by atoms with Crippen molar-refractivity contribution in [3.05, 3.63) is 59.2 Å². The minimum absolute atomic E-state index is 0. The number of hydrogen-bond donors (Lipinski definition) is 2. The summed E-state index contributed by atoms with van der Waals surface area (Å²) in [5.74, 6) is 0.592. The molecule has 1 aliphatic rings. The Hall–Kier alpha value is -2.09. The van der Waals surface area contributed by atoms with Gasteiger partial charge in [0, 0.05) is 24.3 Å². The van der Waals surface area contributed by atoms with Crippen LogP contribution in [0.3, 0.4) is 0 Å². The zero-order valence-corrected chi connectivity index (χ0v) is 17.5. The van der Waals surface area contributed by atoms with Crippen molar-refractivity contribution in [1.82, 2.24) is 0 Å². The normalized spacial score (nSPS) is 14.3. The lowest BCUT2D eigenvalue weighted by Crippen LogP contribution is -2.23. The molecule has 0 atom stereocenters. The van der Waals surface area contributed by atoms with Gasteiger partial charge in [0.15, 0.2) is 5.96 Å². The standard InChI is InChI=1S/C20H24N4O.HI/c1-14-5-8-17(12-15(14)2)23-20(21)22-13-16-6-9-18(10-7-16)24-11-3-4-19(24)25;/h5-10,12H,3-4,11,13H2,1-2H3,(H3,21,22,23);1H. The molecule has 0 radical (unpaired) electrons. The molecule has 0 spiro atoms. The third kappa shape index (κ3) is 4.97. The predicted molar refractivity (Wildman–Crippen MR) is 118 cm³/mol. The van der Waals surface area contributed by atoms with E-state index < -0.39 is 0 Å². The fraction of sp³-hybridized carbons (Fsp3) is 0.300. The van der Waals surface area contributed by atoms with Gasteiger partial charge in [-0.3, -0.25) is 4.79 Å². The summed E-state index contributed by atoms with van der Waals surface area (Å²) in [7, 11) is 0. The lowest BCUT2D eigenvalue weighted by atomic mass is 10.1. The Kier molecular flexibility index (Phi) is 7.02. The summed E-state index contributed by atoms with van der Waals surface area (Å²) in [6.07, 6.45) is 1.58. The molecular formula is C20H25IN4O. The maximum atomic E-state index is 11.8. The Bertz CT molecular complexity index is 802. The third-order valence-corrected chi connectivity index (χ3v) is 4.53. The maximum absolute atomic E-state index is 11.8. The first kappa shape index (κ1) is 20.2. The van der Waals surface area contributed by atoms with E-state index in [1.807, 2.05) is 35.2 Å². The van der Waals surface area contributed by atoms with Crippen LogP contribution in [0.15, 0.2) is 47.5 Å². The first-order chi connectivity index (χ1) is 12.0. The first-order valence-corrected chi connectivity index (χ1v) is 8.56. The average molecular weight is 464 g/mol. The summed E-state index contributed by atoms with van der Waals surface area (Å²) < 4.78 is 0. The van der Waals surface area contributed by atoms with Crippen molar-refractivity contribution in [2.75, 3.05) is 16.8 Å². The van der Waals surface area contributed by atoms with Crippen LogP contribution in [0, 0.1) is 13.8 Å². The molecule has 1 aliphatic heterocycles. The third-order valence-electron chi connectivity index (χ3n) is 4.53. The number of anilines is 2. The number of nitrogens with zero attached hydrogens (tertiary/aromatic N) is 2. The SMILES string of the molecule is Cc1ccc(NC(N)=NCc2ccc(N3CCCC3=O)cc2)cc1C.I. The van der Waals surface area contributed by atoms with E-state index in [0.717, 1.165) is 29.9 Å². The highest BCUT2D eigenvalue weighted by atomic mass is 127. The second kappa shape index (κ2) is 9.02. The van der Waals surface area contributed by atoms with Crippen LogP contribution in [0.1, 0.15) is 29.5 Å². The molecule has 0 aliphatic carbocycles. The monoisotopic (exact) mass is 464 g/mol. The average Bonchev–Trinajstić information content (AvgIpc) is 3.03. The van der Waals surface area contributed by atoms with E-state index in [1.54, 1.807) is 0 Å². The number of nitrogens with one attached hydrogen (secondary N) is 1. The number of halogens is 1. The summed E-state index contributed by atoms with van der Waals surface area (Å²) >= 11 is 0. The van der Waals surface area contributed by atoms with Crippen LogP contribution in [0.2, 0.25) is 0 Å². The quantitative estimate of drug-likeness (QED) is 0.409. The largest absolute Gasteiger partial charge is 0.370 e. The molecule has 1 fully saturated rings. The molecule has 0 unspecified atom stereocenters. The molecule has 2 aromatic rings. The second-order valence-corrected chi connectivity index (χ2v) is 6.44. The van der Waals surface area contributed by atoms with Crippen molar-refractivity contribution in [2.45, 2.75) is 33.2 Å². The summed E-state index contributed by atoms with van der Waals surface area (Å²) in [6, 6.07) is 14.0. The Morgan fingerprint density at radius 2 is 1.88 bits per heavy atom. The van der Waals surface area contributed by atoms with E-state index in [2.05, 4.69) is 36.3 Å². The summed E-state index contributed by atoms with van der Waals surface area (Å²) in [5.41, 5.74) is 11.4. The highest BCUT2D eigenvalue weighted by Crippen LogP contribution is 2.21. The molecule has 0 bridgehead atoms. The molecule has 3 rings (SSSR count). The minimum atomic E-state index is 0. The number of amides is 1. The van der Waals surface area contributed by atoms with Crippen LogP contribution < -0.4 is 16.0 Å². The van der Waals surface area contributed by atoms with Crippen LogP contribution in [-0.4, -0.2) is 18.4 Å². The molecule has 2 aromatic carbocycles. The fourth-order valence-electron chi connectivity index (χ4n) is 2.89. The van der Waals surface area contributed by atoms with Crippen LogP contribution in [0.4, 0.5) is 11.4 Å². The van der Waals surface area contributed by atoms with E-state index in [9.17, 15) is 4.79 Å². The Morgan fingerprint density at radius 1 is 1.15 bits per heavy atom. The van der Waals surface area contributed by atoms with Gasteiger partial charge in [-0.2, -0.15) is 0 Å². The van der Waals surface area contributed by atoms with Gasteiger partial charge in [0.1, 0.15) is 0 Å². The van der Waals surface area contributed by atoms with Crippen molar-refractivity contribution in [3.63, 3.8) is 0 Å². The van der Waals surface area contributed by atoms with Crippen LogP contribution >= 0.6 is 24.0 Å². The topological polar surface area (TPSA) is 70.7 Å². The smallest absolute Gasteiger partial charge is 0.227 e. The summed E-state index contributed by atoms with van der Waals surface area (Å²) in [6.45, 7) is 5.46. The molecule has 1 amide bonds. The van der Waals surface area contributed by atoms with Gasteiger partial charge in [0.2, 0.25) is 5.91 Å². The van der Waals surface area contributed by atoms with Crippen molar-refractivity contribution in [3.8, 4) is 0 Å². The van der Waals surface area contributed by atoms with Gasteiger partial charge in [-0.25, -0.2) is 4.99 Å². The van der Waals surface area contributed by atoms with Crippen LogP contribution in [-0.2, 0) is 11.3 Å². The number of benzene rings is 2. The van der Waals surface area contributed by atoms with Crippen molar-refractivity contribution < 1.29 is 4.79 Å². The van der Waals surface area contributed by atoms with Crippen LogP contribution in [0.25, 0.3) is 0 Å². The molecule has 1 saturated heterocycles. The molecule has 6 heteroatoms. The van der Waals surface area contributed by atoms with E-state index in [1.165, 1.54) is 11.1 Å². The van der Waals surface area contributed by atoms with Crippen LogP contribution in [0.5, 0.6) is 0 Å². The van der Waals surface area contributed by atoms with Crippen molar-refractivity contribution in [1.29, 1.82) is 0 Å². The van der Waals surface area contributed by atoms with Crippen molar-refractivity contribution in [2.24, 2.45) is 10.7 Å². The molecule has 0 aromatic heterocycles.